The molecule has 0 unspecified atom stereocenters. The normalized spacial score (nSPS) is 10.8. The molecule has 8 nitrogen and oxygen atoms in total. The number of aromatic nitrogens is 4. The summed E-state index contributed by atoms with van der Waals surface area (Å²) in [7, 11) is 3.41. The van der Waals surface area contributed by atoms with Gasteiger partial charge in [0, 0.05) is 25.8 Å². The van der Waals surface area contributed by atoms with Gasteiger partial charge in [-0.3, -0.25) is 4.68 Å². The van der Waals surface area contributed by atoms with Gasteiger partial charge in [0.15, 0.2) is 5.65 Å². The van der Waals surface area contributed by atoms with Crippen LogP contribution < -0.4 is 21.1 Å². The van der Waals surface area contributed by atoms with Crippen LogP contribution in [0.5, 0.6) is 5.75 Å². The van der Waals surface area contributed by atoms with Gasteiger partial charge in [0.2, 0.25) is 5.95 Å². The van der Waals surface area contributed by atoms with Crippen molar-refractivity contribution in [3.63, 3.8) is 0 Å². The van der Waals surface area contributed by atoms with Crippen molar-refractivity contribution in [3.8, 4) is 5.75 Å². The third kappa shape index (κ3) is 3.19. The summed E-state index contributed by atoms with van der Waals surface area (Å²) < 4.78 is 6.86. The van der Waals surface area contributed by atoms with Gasteiger partial charge in [-0.05, 0) is 18.2 Å². The van der Waals surface area contributed by atoms with E-state index in [0.29, 0.717) is 41.3 Å². The van der Waals surface area contributed by atoms with Gasteiger partial charge in [-0.1, -0.05) is 11.6 Å². The fourth-order valence-corrected chi connectivity index (χ4v) is 2.52. The lowest BCUT2D eigenvalue weighted by Crippen LogP contribution is -2.15. The summed E-state index contributed by atoms with van der Waals surface area (Å²) in [6.07, 6.45) is 1.72. The fourth-order valence-electron chi connectivity index (χ4n) is 2.26. The highest BCUT2D eigenvalue weighted by Gasteiger charge is 2.12. The fraction of sp³-hybridized carbons (Fsp3) is 0.267. The van der Waals surface area contributed by atoms with Gasteiger partial charge in [-0.15, -0.1) is 0 Å². The minimum absolute atomic E-state index is 0.485. The Bertz CT molecular complexity index is 864. The van der Waals surface area contributed by atoms with Crippen LogP contribution >= 0.6 is 11.6 Å². The smallest absolute Gasteiger partial charge is 0.226 e. The summed E-state index contributed by atoms with van der Waals surface area (Å²) in [5.74, 6) is 1.73. The highest BCUT2D eigenvalue weighted by atomic mass is 35.5. The van der Waals surface area contributed by atoms with Gasteiger partial charge >= 0.3 is 0 Å². The maximum Gasteiger partial charge on any atom is 0.226 e. The molecule has 0 atom stereocenters. The van der Waals surface area contributed by atoms with E-state index in [-0.39, 0.29) is 0 Å². The van der Waals surface area contributed by atoms with Crippen molar-refractivity contribution >= 4 is 40.1 Å². The second-order valence-corrected chi connectivity index (χ2v) is 5.50. The first-order valence-corrected chi connectivity index (χ1v) is 7.74. The molecule has 0 amide bonds. The lowest BCUT2D eigenvalue weighted by Gasteiger charge is -2.11. The molecule has 24 heavy (non-hydrogen) atoms. The predicted molar refractivity (Wildman–Crippen MR) is 95.1 cm³/mol. The van der Waals surface area contributed by atoms with Gasteiger partial charge in [-0.2, -0.15) is 15.1 Å². The summed E-state index contributed by atoms with van der Waals surface area (Å²) in [4.78, 5) is 8.96. The molecule has 0 bridgehead atoms. The molecule has 0 saturated carbocycles. The minimum atomic E-state index is 0.485. The molecule has 9 heteroatoms. The Morgan fingerprint density at radius 1 is 1.33 bits per heavy atom. The van der Waals surface area contributed by atoms with Crippen LogP contribution in [0.2, 0.25) is 5.02 Å². The number of hydrogen-bond acceptors (Lipinski definition) is 7. The standard InChI is InChI=1S/C15H18ClN7O/c1-23-14-10(8-19-23)13(21-15(22-14)18-6-5-17)20-9-3-4-12(24-2)11(16)7-9/h3-4,7-8H,5-6,17H2,1-2H3,(H2,18,20,21,22). The minimum Gasteiger partial charge on any atom is -0.495 e. The van der Waals surface area contributed by atoms with Gasteiger partial charge < -0.3 is 21.1 Å². The van der Waals surface area contributed by atoms with Crippen molar-refractivity contribution in [2.75, 3.05) is 30.8 Å². The number of nitrogens with one attached hydrogen (secondary N) is 2. The Labute approximate surface area is 144 Å². The summed E-state index contributed by atoms with van der Waals surface area (Å²) in [6, 6.07) is 5.43. The van der Waals surface area contributed by atoms with Crippen molar-refractivity contribution in [2.24, 2.45) is 12.8 Å². The molecule has 0 radical (unpaired) electrons. The monoisotopic (exact) mass is 347 g/mol. The van der Waals surface area contributed by atoms with Crippen molar-refractivity contribution in [1.82, 2.24) is 19.7 Å². The Hall–Kier alpha value is -2.58. The Morgan fingerprint density at radius 3 is 2.88 bits per heavy atom. The molecule has 0 aliphatic rings. The third-order valence-electron chi connectivity index (χ3n) is 3.43. The predicted octanol–water partition coefficient (Wildman–Crippen LogP) is 2.14. The van der Waals surface area contributed by atoms with Crippen LogP contribution in [-0.2, 0) is 7.05 Å². The summed E-state index contributed by atoms with van der Waals surface area (Å²) in [5, 5.41) is 11.9. The molecule has 4 N–H and O–H groups in total. The SMILES string of the molecule is COc1ccc(Nc2nc(NCCN)nc3c2cnn3C)cc1Cl. The largest absolute Gasteiger partial charge is 0.495 e. The molecule has 0 spiro atoms. The first-order valence-electron chi connectivity index (χ1n) is 7.36. The maximum atomic E-state index is 6.18. The van der Waals surface area contributed by atoms with Crippen LogP contribution in [0, 0.1) is 0 Å². The molecule has 1 aromatic carbocycles. The van der Waals surface area contributed by atoms with Crippen LogP contribution in [0.4, 0.5) is 17.5 Å². The highest BCUT2D eigenvalue weighted by Crippen LogP contribution is 2.30. The Morgan fingerprint density at radius 2 is 2.17 bits per heavy atom. The number of aryl methyl sites for hydroxylation is 1. The van der Waals surface area contributed by atoms with Crippen LogP contribution in [0.3, 0.4) is 0 Å². The number of halogens is 1. The second-order valence-electron chi connectivity index (χ2n) is 5.09. The van der Waals surface area contributed by atoms with E-state index in [2.05, 4.69) is 25.7 Å². The van der Waals surface area contributed by atoms with Crippen LogP contribution in [0.25, 0.3) is 11.0 Å². The average molecular weight is 348 g/mol. The molecule has 2 aromatic heterocycles. The van der Waals surface area contributed by atoms with E-state index in [9.17, 15) is 0 Å². The zero-order chi connectivity index (χ0) is 17.1. The molecule has 2 heterocycles. The van der Waals surface area contributed by atoms with E-state index >= 15 is 0 Å². The summed E-state index contributed by atoms with van der Waals surface area (Å²) >= 11 is 6.18. The van der Waals surface area contributed by atoms with Gasteiger partial charge in [-0.25, -0.2) is 0 Å². The van der Waals surface area contributed by atoms with Crippen LogP contribution in [0.15, 0.2) is 24.4 Å². The Balaban J connectivity index is 1.99. The molecule has 126 valence electrons. The van der Waals surface area contributed by atoms with E-state index in [1.807, 2.05) is 13.1 Å². The molecular formula is C15H18ClN7O. The van der Waals surface area contributed by atoms with E-state index in [1.54, 1.807) is 30.1 Å². The van der Waals surface area contributed by atoms with Crippen molar-refractivity contribution < 1.29 is 4.74 Å². The number of rotatable bonds is 6. The van der Waals surface area contributed by atoms with Crippen molar-refractivity contribution in [1.29, 1.82) is 0 Å². The number of methoxy groups -OCH3 is 1. The van der Waals surface area contributed by atoms with E-state index in [1.165, 1.54) is 0 Å². The summed E-state index contributed by atoms with van der Waals surface area (Å²) in [5.41, 5.74) is 7.03. The van der Waals surface area contributed by atoms with E-state index in [4.69, 9.17) is 22.1 Å². The zero-order valence-corrected chi connectivity index (χ0v) is 14.1. The number of benzene rings is 1. The number of hydrogen-bond donors (Lipinski definition) is 3. The third-order valence-corrected chi connectivity index (χ3v) is 3.73. The number of fused-ring (bicyclic) bond motifs is 1. The quantitative estimate of drug-likeness (QED) is 0.627. The van der Waals surface area contributed by atoms with E-state index < -0.39 is 0 Å². The first-order chi connectivity index (χ1) is 11.6. The molecule has 0 aliphatic heterocycles. The van der Waals surface area contributed by atoms with Crippen LogP contribution in [0.1, 0.15) is 0 Å². The molecule has 3 aromatic rings. The summed E-state index contributed by atoms with van der Waals surface area (Å²) in [6.45, 7) is 1.07. The molecule has 0 aliphatic carbocycles. The first kappa shape index (κ1) is 16.3. The number of nitrogens with two attached hydrogens (primary N) is 1. The van der Waals surface area contributed by atoms with Crippen LogP contribution in [-0.4, -0.2) is 39.9 Å². The average Bonchev–Trinajstić information content (AvgIpc) is 2.95. The highest BCUT2D eigenvalue weighted by molar-refractivity contribution is 6.32. The van der Waals surface area contributed by atoms with Crippen molar-refractivity contribution in [3.05, 3.63) is 29.4 Å². The number of anilines is 3. The zero-order valence-electron chi connectivity index (χ0n) is 13.4. The topological polar surface area (TPSA) is 103 Å². The Kier molecular flexibility index (Phi) is 4.68. The molecule has 3 rings (SSSR count). The maximum absolute atomic E-state index is 6.18. The molecule has 0 fully saturated rings. The lowest BCUT2D eigenvalue weighted by molar-refractivity contribution is 0.415. The number of nitrogens with zero attached hydrogens (tertiary/aromatic N) is 4. The van der Waals surface area contributed by atoms with Gasteiger partial charge in [0.25, 0.3) is 0 Å². The van der Waals surface area contributed by atoms with Gasteiger partial charge in [0.1, 0.15) is 11.6 Å². The van der Waals surface area contributed by atoms with Gasteiger partial charge in [0.05, 0.1) is 23.7 Å². The lowest BCUT2D eigenvalue weighted by atomic mass is 10.3. The molecule has 0 saturated heterocycles. The van der Waals surface area contributed by atoms with E-state index in [0.717, 1.165) is 11.1 Å². The second kappa shape index (κ2) is 6.90. The number of ether oxygens (including phenoxy) is 1. The van der Waals surface area contributed by atoms with Crippen molar-refractivity contribution in [2.45, 2.75) is 0 Å². The molecular weight excluding hydrogens is 330 g/mol.